The fraction of sp³-hybridized carbons (Fsp3) is 0.286. The lowest BCUT2D eigenvalue weighted by Gasteiger charge is -2.12. The van der Waals surface area contributed by atoms with Gasteiger partial charge in [0, 0.05) is 26.6 Å². The second-order valence-corrected chi connectivity index (χ2v) is 3.80. The van der Waals surface area contributed by atoms with E-state index in [-0.39, 0.29) is 13.6 Å². The van der Waals surface area contributed by atoms with Crippen LogP contribution in [0.3, 0.4) is 0 Å². The lowest BCUT2D eigenvalue weighted by atomic mass is 10.2. The molecule has 6 heteroatoms. The zero-order valence-electron chi connectivity index (χ0n) is 11.4. The minimum Gasteiger partial charge on any atom is -0.465 e. The van der Waals surface area contributed by atoms with Gasteiger partial charge in [0.15, 0.2) is 25.1 Å². The fourth-order valence-electron chi connectivity index (χ4n) is 1.61. The van der Waals surface area contributed by atoms with Gasteiger partial charge < -0.3 is 18.9 Å². The first-order valence-electron chi connectivity index (χ1n) is 6.00. The molecule has 0 fully saturated rings. The number of aromatic nitrogens is 2. The number of rotatable bonds is 7. The lowest BCUT2D eigenvalue weighted by molar-refractivity contribution is 0.0497. The number of hydrogen-bond donors (Lipinski definition) is 0. The molecule has 2 aromatic heterocycles. The first-order chi connectivity index (χ1) is 9.86. The summed E-state index contributed by atoms with van der Waals surface area (Å²) in [5.74, 6) is 1.16. The summed E-state index contributed by atoms with van der Waals surface area (Å²) in [6.45, 7) is 0.277. The molecule has 2 heterocycles. The van der Waals surface area contributed by atoms with Crippen molar-refractivity contribution in [3.05, 3.63) is 36.7 Å². The molecule has 0 aliphatic carbocycles. The Morgan fingerprint density at radius 1 is 0.800 bits per heavy atom. The Morgan fingerprint density at radius 3 is 1.65 bits per heavy atom. The summed E-state index contributed by atoms with van der Waals surface area (Å²) in [5, 5.41) is 0. The summed E-state index contributed by atoms with van der Waals surface area (Å²) in [6, 6.07) is 7.17. The summed E-state index contributed by atoms with van der Waals surface area (Å²) < 4.78 is 20.8. The monoisotopic (exact) mass is 276 g/mol. The smallest absolute Gasteiger partial charge is 0.188 e. The zero-order chi connectivity index (χ0) is 14.2. The van der Waals surface area contributed by atoms with Crippen molar-refractivity contribution in [3.63, 3.8) is 0 Å². The summed E-state index contributed by atoms with van der Waals surface area (Å²) in [4.78, 5) is 8.61. The molecule has 0 aromatic carbocycles. The van der Waals surface area contributed by atoms with Gasteiger partial charge in [0.25, 0.3) is 0 Å². The van der Waals surface area contributed by atoms with Gasteiger partial charge >= 0.3 is 0 Å². The van der Waals surface area contributed by atoms with Crippen LogP contribution < -0.4 is 9.47 Å². The summed E-state index contributed by atoms with van der Waals surface area (Å²) >= 11 is 0. The second-order valence-electron chi connectivity index (χ2n) is 3.80. The first kappa shape index (κ1) is 14.2. The van der Waals surface area contributed by atoms with Crippen molar-refractivity contribution in [2.45, 2.75) is 0 Å². The van der Waals surface area contributed by atoms with Crippen LogP contribution in [-0.4, -0.2) is 37.8 Å². The molecule has 0 amide bonds. The average molecular weight is 276 g/mol. The second kappa shape index (κ2) is 7.42. The third kappa shape index (κ3) is 3.43. The average Bonchev–Trinajstić information content (AvgIpc) is 2.51. The van der Waals surface area contributed by atoms with Crippen molar-refractivity contribution in [2.75, 3.05) is 27.8 Å². The van der Waals surface area contributed by atoms with Crippen LogP contribution in [-0.2, 0) is 9.47 Å². The fourth-order valence-corrected chi connectivity index (χ4v) is 1.61. The van der Waals surface area contributed by atoms with Gasteiger partial charge in [0.05, 0.1) is 0 Å². The number of nitrogens with zero attached hydrogens (tertiary/aromatic N) is 2. The van der Waals surface area contributed by atoms with Crippen LogP contribution in [0.25, 0.3) is 11.4 Å². The third-order valence-electron chi connectivity index (χ3n) is 2.43. The summed E-state index contributed by atoms with van der Waals surface area (Å²) in [6.07, 6.45) is 3.34. The van der Waals surface area contributed by atoms with Gasteiger partial charge in [0.1, 0.15) is 11.4 Å². The molecule has 0 spiro atoms. The van der Waals surface area contributed by atoms with Gasteiger partial charge in [-0.15, -0.1) is 0 Å². The maximum absolute atomic E-state index is 5.49. The molecular weight excluding hydrogens is 260 g/mol. The molecule has 0 saturated carbocycles. The summed E-state index contributed by atoms with van der Waals surface area (Å²) in [5.41, 5.74) is 1.19. The van der Waals surface area contributed by atoms with Gasteiger partial charge in [-0.3, -0.25) is 9.97 Å². The molecule has 106 valence electrons. The van der Waals surface area contributed by atoms with Gasteiger partial charge in [-0.05, 0) is 24.3 Å². The minimum atomic E-state index is 0.139. The Bertz CT molecular complexity index is 499. The van der Waals surface area contributed by atoms with Crippen LogP contribution in [0.2, 0.25) is 0 Å². The predicted octanol–water partition coefficient (Wildman–Crippen LogP) is 2.11. The Morgan fingerprint density at radius 2 is 1.25 bits per heavy atom. The largest absolute Gasteiger partial charge is 0.465 e. The van der Waals surface area contributed by atoms with E-state index >= 15 is 0 Å². The van der Waals surface area contributed by atoms with Crippen molar-refractivity contribution in [1.29, 1.82) is 0 Å². The van der Waals surface area contributed by atoms with Crippen LogP contribution in [0.4, 0.5) is 0 Å². The van der Waals surface area contributed by atoms with Crippen LogP contribution in [0.5, 0.6) is 11.5 Å². The molecule has 0 saturated heterocycles. The Balaban J connectivity index is 2.35. The molecule has 0 unspecified atom stereocenters. The van der Waals surface area contributed by atoms with E-state index in [9.17, 15) is 0 Å². The van der Waals surface area contributed by atoms with E-state index in [1.165, 1.54) is 0 Å². The summed E-state index contributed by atoms with van der Waals surface area (Å²) in [7, 11) is 3.12. The Hall–Kier alpha value is -2.18. The van der Waals surface area contributed by atoms with Crippen LogP contribution in [0, 0.1) is 0 Å². The molecule has 2 aromatic rings. The Labute approximate surface area is 117 Å². The first-order valence-corrected chi connectivity index (χ1v) is 6.00. The van der Waals surface area contributed by atoms with Crippen LogP contribution in [0.15, 0.2) is 36.7 Å². The normalized spacial score (nSPS) is 10.3. The van der Waals surface area contributed by atoms with Crippen molar-refractivity contribution in [1.82, 2.24) is 9.97 Å². The molecule has 0 aliphatic rings. The molecule has 2 rings (SSSR count). The highest BCUT2D eigenvalue weighted by molar-refractivity contribution is 5.68. The third-order valence-corrected chi connectivity index (χ3v) is 2.43. The number of pyridine rings is 2. The molecule has 6 nitrogen and oxygen atoms in total. The molecule has 0 aliphatic heterocycles. The van der Waals surface area contributed by atoms with Crippen LogP contribution >= 0.6 is 0 Å². The van der Waals surface area contributed by atoms with Crippen molar-refractivity contribution >= 4 is 0 Å². The molecule has 20 heavy (non-hydrogen) atoms. The van der Waals surface area contributed by atoms with E-state index in [2.05, 4.69) is 9.97 Å². The Kier molecular flexibility index (Phi) is 5.28. The SMILES string of the molecule is COCOc1cccnc1-c1ncccc1OCOC. The standard InChI is InChI=1S/C14H16N2O4/c1-17-9-19-11-5-3-7-15-13(11)14-12(20-10-18-2)6-4-8-16-14/h3-8H,9-10H2,1-2H3. The van der Waals surface area contributed by atoms with E-state index in [1.807, 2.05) is 0 Å². The molecule has 0 N–H and O–H groups in total. The van der Waals surface area contributed by atoms with Crippen molar-refractivity contribution in [3.8, 4) is 22.9 Å². The zero-order valence-corrected chi connectivity index (χ0v) is 11.4. The van der Waals surface area contributed by atoms with E-state index in [1.54, 1.807) is 50.9 Å². The molecule has 0 radical (unpaired) electrons. The van der Waals surface area contributed by atoms with Crippen molar-refractivity contribution < 1.29 is 18.9 Å². The highest BCUT2D eigenvalue weighted by Gasteiger charge is 2.14. The van der Waals surface area contributed by atoms with E-state index in [4.69, 9.17) is 18.9 Å². The number of hydrogen-bond acceptors (Lipinski definition) is 6. The quantitative estimate of drug-likeness (QED) is 0.722. The number of ether oxygens (including phenoxy) is 4. The highest BCUT2D eigenvalue weighted by Crippen LogP contribution is 2.32. The maximum atomic E-state index is 5.49. The minimum absolute atomic E-state index is 0.139. The van der Waals surface area contributed by atoms with Gasteiger partial charge in [-0.1, -0.05) is 0 Å². The topological polar surface area (TPSA) is 62.7 Å². The lowest BCUT2D eigenvalue weighted by Crippen LogP contribution is -2.04. The van der Waals surface area contributed by atoms with Gasteiger partial charge in [-0.25, -0.2) is 0 Å². The van der Waals surface area contributed by atoms with E-state index in [0.717, 1.165) is 0 Å². The van der Waals surface area contributed by atoms with E-state index in [0.29, 0.717) is 22.9 Å². The highest BCUT2D eigenvalue weighted by atomic mass is 16.7. The maximum Gasteiger partial charge on any atom is 0.188 e. The molecule has 0 bridgehead atoms. The molecule has 0 atom stereocenters. The predicted molar refractivity (Wildman–Crippen MR) is 72.5 cm³/mol. The van der Waals surface area contributed by atoms with Gasteiger partial charge in [0.2, 0.25) is 0 Å². The van der Waals surface area contributed by atoms with Crippen molar-refractivity contribution in [2.24, 2.45) is 0 Å². The van der Waals surface area contributed by atoms with E-state index < -0.39 is 0 Å². The van der Waals surface area contributed by atoms with Gasteiger partial charge in [-0.2, -0.15) is 0 Å². The van der Waals surface area contributed by atoms with Crippen LogP contribution in [0.1, 0.15) is 0 Å². The molecular formula is C14H16N2O4. The number of methoxy groups -OCH3 is 2.